The van der Waals surface area contributed by atoms with Gasteiger partial charge in [0.1, 0.15) is 12.7 Å². The third-order valence-electron chi connectivity index (χ3n) is 13.7. The Balaban J connectivity index is 1.53. The van der Waals surface area contributed by atoms with Crippen LogP contribution in [0, 0.1) is 50.2 Å². The van der Waals surface area contributed by atoms with Crippen LogP contribution in [0.25, 0.3) is 0 Å². The molecule has 0 aliphatic heterocycles. The number of fused-ring (bicyclic) bond motifs is 7. The predicted octanol–water partition coefficient (Wildman–Crippen LogP) is 8.28. The maximum absolute atomic E-state index is 12.1. The summed E-state index contributed by atoms with van der Waals surface area (Å²) in [5, 5.41) is 0. The van der Waals surface area contributed by atoms with Crippen molar-refractivity contribution < 1.29 is 19.1 Å². The van der Waals surface area contributed by atoms with Gasteiger partial charge in [-0.05, 0) is 109 Å². The number of carbonyl (C=O) groups is 2. The average molecular weight is 527 g/mol. The predicted molar refractivity (Wildman–Crippen MR) is 151 cm³/mol. The molecule has 4 heteroatoms. The summed E-state index contributed by atoms with van der Waals surface area (Å²) >= 11 is 0. The van der Waals surface area contributed by atoms with Crippen LogP contribution in [0.15, 0.2) is 11.6 Å². The van der Waals surface area contributed by atoms with Gasteiger partial charge in [-0.25, -0.2) is 0 Å². The molecule has 0 bridgehead atoms. The molecule has 4 fully saturated rings. The summed E-state index contributed by atoms with van der Waals surface area (Å²) in [7, 11) is 0. The van der Waals surface area contributed by atoms with E-state index in [-0.39, 0.29) is 39.7 Å². The molecule has 0 radical (unpaired) electrons. The summed E-state index contributed by atoms with van der Waals surface area (Å²) in [6.45, 7) is 21.0. The van der Waals surface area contributed by atoms with E-state index >= 15 is 0 Å². The van der Waals surface area contributed by atoms with E-state index in [2.05, 4.69) is 54.5 Å². The molecule has 38 heavy (non-hydrogen) atoms. The zero-order chi connectivity index (χ0) is 27.9. The number of hydrogen-bond acceptors (Lipinski definition) is 4. The highest BCUT2D eigenvalue weighted by Crippen LogP contribution is 2.75. The lowest BCUT2D eigenvalue weighted by molar-refractivity contribution is -0.225. The van der Waals surface area contributed by atoms with Gasteiger partial charge in [-0.2, -0.15) is 0 Å². The van der Waals surface area contributed by atoms with Crippen molar-refractivity contribution >= 4 is 11.9 Å². The van der Waals surface area contributed by atoms with Crippen LogP contribution >= 0.6 is 0 Å². The Hall–Kier alpha value is -1.32. The normalized spacial score (nSPS) is 49.3. The lowest BCUT2D eigenvalue weighted by Crippen LogP contribution is -2.65. The van der Waals surface area contributed by atoms with Gasteiger partial charge in [0, 0.05) is 19.3 Å². The summed E-state index contributed by atoms with van der Waals surface area (Å²) in [5.41, 5.74) is 2.93. The van der Waals surface area contributed by atoms with Crippen LogP contribution in [0.1, 0.15) is 127 Å². The molecule has 0 amide bonds. The molecular weight excluding hydrogens is 472 g/mol. The summed E-state index contributed by atoms with van der Waals surface area (Å²) in [6, 6.07) is 0. The molecule has 9 atom stereocenters. The van der Waals surface area contributed by atoms with Gasteiger partial charge in [0.15, 0.2) is 0 Å². The zero-order valence-electron chi connectivity index (χ0n) is 25.8. The lowest BCUT2D eigenvalue weighted by Gasteiger charge is -2.71. The fourth-order valence-corrected chi connectivity index (χ4v) is 11.2. The molecule has 5 aliphatic rings. The number of carbonyl (C=O) groups excluding carboxylic acids is 2. The van der Waals surface area contributed by atoms with Crippen molar-refractivity contribution in [1.29, 1.82) is 0 Å². The first-order valence-electron chi connectivity index (χ1n) is 15.5. The number of rotatable bonds is 3. The van der Waals surface area contributed by atoms with Crippen molar-refractivity contribution in [2.75, 3.05) is 6.61 Å². The fraction of sp³-hybridized carbons (Fsp3) is 0.882. The first-order valence-corrected chi connectivity index (χ1v) is 15.5. The van der Waals surface area contributed by atoms with Crippen molar-refractivity contribution in [2.45, 2.75) is 133 Å². The van der Waals surface area contributed by atoms with Crippen LogP contribution in [0.2, 0.25) is 0 Å². The molecule has 0 aromatic carbocycles. The van der Waals surface area contributed by atoms with Gasteiger partial charge in [-0.3, -0.25) is 9.59 Å². The van der Waals surface area contributed by atoms with E-state index in [1.165, 1.54) is 52.4 Å². The number of hydrogen-bond donors (Lipinski definition) is 0. The summed E-state index contributed by atoms with van der Waals surface area (Å²) in [4.78, 5) is 24.0. The molecule has 214 valence electrons. The first kappa shape index (κ1) is 28.2. The molecule has 0 aromatic rings. The minimum absolute atomic E-state index is 0.121. The van der Waals surface area contributed by atoms with Gasteiger partial charge in [0.25, 0.3) is 0 Å². The summed E-state index contributed by atoms with van der Waals surface area (Å²) in [5.74, 6) is 1.16. The van der Waals surface area contributed by atoms with Crippen LogP contribution in [0.3, 0.4) is 0 Å². The van der Waals surface area contributed by atoms with E-state index in [0.29, 0.717) is 35.2 Å². The van der Waals surface area contributed by atoms with Crippen molar-refractivity contribution in [3.63, 3.8) is 0 Å². The highest BCUT2D eigenvalue weighted by molar-refractivity contribution is 5.66. The van der Waals surface area contributed by atoms with Crippen molar-refractivity contribution in [1.82, 2.24) is 0 Å². The van der Waals surface area contributed by atoms with E-state index in [0.717, 1.165) is 25.7 Å². The van der Waals surface area contributed by atoms with Crippen LogP contribution in [-0.4, -0.2) is 24.6 Å². The first-order chi connectivity index (χ1) is 17.5. The second-order valence-corrected chi connectivity index (χ2v) is 16.3. The lowest BCUT2D eigenvalue weighted by atomic mass is 9.33. The van der Waals surface area contributed by atoms with Gasteiger partial charge in [-0.1, -0.05) is 60.1 Å². The monoisotopic (exact) mass is 526 g/mol. The molecule has 0 spiro atoms. The van der Waals surface area contributed by atoms with E-state index in [4.69, 9.17) is 9.47 Å². The molecule has 4 saturated carbocycles. The molecule has 0 heterocycles. The Morgan fingerprint density at radius 1 is 0.842 bits per heavy atom. The maximum Gasteiger partial charge on any atom is 0.302 e. The van der Waals surface area contributed by atoms with Crippen LogP contribution in [0.5, 0.6) is 0 Å². The third kappa shape index (κ3) is 3.96. The smallest absolute Gasteiger partial charge is 0.302 e. The van der Waals surface area contributed by atoms with Gasteiger partial charge in [-0.15, -0.1) is 0 Å². The zero-order valence-corrected chi connectivity index (χ0v) is 25.8. The molecule has 2 unspecified atom stereocenters. The Kier molecular flexibility index (Phi) is 6.56. The summed E-state index contributed by atoms with van der Waals surface area (Å²) in [6.07, 6.45) is 14.6. The third-order valence-corrected chi connectivity index (χ3v) is 13.7. The van der Waals surface area contributed by atoms with E-state index in [1.54, 1.807) is 5.57 Å². The number of allylic oxidation sites excluding steroid dienone is 2. The average Bonchev–Trinajstić information content (AvgIpc) is 2.81. The Morgan fingerprint density at radius 3 is 2.18 bits per heavy atom. The molecule has 0 aromatic heterocycles. The largest absolute Gasteiger partial charge is 0.465 e. The number of ether oxygens (including phenoxy) is 2. The molecule has 0 saturated heterocycles. The minimum atomic E-state index is -0.366. The van der Waals surface area contributed by atoms with Crippen molar-refractivity contribution in [3.8, 4) is 0 Å². The van der Waals surface area contributed by atoms with Gasteiger partial charge in [0.2, 0.25) is 0 Å². The molecule has 0 N–H and O–H groups in total. The van der Waals surface area contributed by atoms with Crippen LogP contribution in [-0.2, 0) is 19.1 Å². The second kappa shape index (κ2) is 8.84. The second-order valence-electron chi connectivity index (χ2n) is 16.3. The fourth-order valence-electron chi connectivity index (χ4n) is 11.2. The van der Waals surface area contributed by atoms with Crippen LogP contribution in [0.4, 0.5) is 0 Å². The topological polar surface area (TPSA) is 52.6 Å². The minimum Gasteiger partial charge on any atom is -0.465 e. The standard InChI is InChI=1S/C34H54O4/c1-22(35)37-21-32(7)26-12-15-34(9)27(31(26,6)14-13-28(32)38-23(2)36)11-10-24-25-20-29(3,4)16-17-30(25,5)18-19-33(24,34)8/h10,25-28H,11-21H2,1-9H3/t25-,26?,27-,28+,30-,31+,32?,33-,34-/m1/s1. The van der Waals surface area contributed by atoms with Gasteiger partial charge < -0.3 is 9.47 Å². The maximum atomic E-state index is 12.1. The number of esters is 2. The Labute approximate surface area is 232 Å². The Morgan fingerprint density at radius 2 is 1.53 bits per heavy atom. The van der Waals surface area contributed by atoms with Crippen molar-refractivity contribution in [2.24, 2.45) is 50.2 Å². The van der Waals surface area contributed by atoms with E-state index in [9.17, 15) is 9.59 Å². The molecule has 4 nitrogen and oxygen atoms in total. The van der Waals surface area contributed by atoms with E-state index in [1.807, 2.05) is 0 Å². The molecule has 5 rings (SSSR count). The molecule has 5 aliphatic carbocycles. The van der Waals surface area contributed by atoms with Gasteiger partial charge >= 0.3 is 11.9 Å². The SMILES string of the molecule is CC(=O)OCC1(C)C2CC[C@]3(C)[C@H](CC=C4[C@H]5CC(C)(C)CC[C@]5(C)CC[C@]43C)[C@@]2(C)CC[C@@H]1OC(C)=O. The quantitative estimate of drug-likeness (QED) is 0.274. The molecular formula is C34H54O4. The summed E-state index contributed by atoms with van der Waals surface area (Å²) < 4.78 is 11.7. The van der Waals surface area contributed by atoms with E-state index < -0.39 is 0 Å². The highest BCUT2D eigenvalue weighted by Gasteiger charge is 2.69. The van der Waals surface area contributed by atoms with Crippen LogP contribution < -0.4 is 0 Å². The highest BCUT2D eigenvalue weighted by atomic mass is 16.6. The van der Waals surface area contributed by atoms with Gasteiger partial charge in [0.05, 0.1) is 0 Å². The van der Waals surface area contributed by atoms with Crippen molar-refractivity contribution in [3.05, 3.63) is 11.6 Å². The Bertz CT molecular complexity index is 1030.